The van der Waals surface area contributed by atoms with Crippen molar-refractivity contribution in [1.29, 1.82) is 0 Å². The van der Waals surface area contributed by atoms with E-state index in [1.54, 1.807) is 6.07 Å². The lowest BCUT2D eigenvalue weighted by atomic mass is 9.82. The first kappa shape index (κ1) is 22.0. The van der Waals surface area contributed by atoms with Crippen LogP contribution >= 0.6 is 11.3 Å². The second kappa shape index (κ2) is 8.75. The van der Waals surface area contributed by atoms with E-state index in [4.69, 9.17) is 4.74 Å². The van der Waals surface area contributed by atoms with Gasteiger partial charge in [0.2, 0.25) is 5.78 Å². The van der Waals surface area contributed by atoms with Crippen LogP contribution in [0, 0.1) is 10.1 Å². The highest BCUT2D eigenvalue weighted by Crippen LogP contribution is 2.35. The molecule has 0 saturated heterocycles. The highest BCUT2D eigenvalue weighted by Gasteiger charge is 2.39. The van der Waals surface area contributed by atoms with Gasteiger partial charge in [0.1, 0.15) is 11.1 Å². The van der Waals surface area contributed by atoms with E-state index in [-0.39, 0.29) is 16.7 Å². The second-order valence-corrected chi connectivity index (χ2v) is 8.08. The molecule has 1 aromatic heterocycles. The van der Waals surface area contributed by atoms with Crippen LogP contribution in [0.3, 0.4) is 0 Å². The van der Waals surface area contributed by atoms with Crippen LogP contribution in [0.4, 0.5) is 5.69 Å². The van der Waals surface area contributed by atoms with Gasteiger partial charge in [0, 0.05) is 30.3 Å². The normalized spacial score (nSPS) is 12.0. The van der Waals surface area contributed by atoms with Crippen molar-refractivity contribution in [2.45, 2.75) is 6.54 Å². The number of fused-ring (bicyclic) bond motifs is 2. The van der Waals surface area contributed by atoms with Crippen molar-refractivity contribution in [3.8, 4) is 0 Å². The largest absolute Gasteiger partial charge is 0.452 e. The summed E-state index contributed by atoms with van der Waals surface area (Å²) in [5.41, 5.74) is -0.867. The van der Waals surface area contributed by atoms with E-state index in [0.29, 0.717) is 6.54 Å². The topological polar surface area (TPSA) is 124 Å². The zero-order valence-corrected chi connectivity index (χ0v) is 18.1. The summed E-state index contributed by atoms with van der Waals surface area (Å²) < 4.78 is 5.02. The van der Waals surface area contributed by atoms with Crippen LogP contribution in [0.1, 0.15) is 47.8 Å². The molecule has 0 spiro atoms. The molecule has 0 radical (unpaired) electrons. The van der Waals surface area contributed by atoms with Crippen molar-refractivity contribution in [3.63, 3.8) is 0 Å². The Kier molecular flexibility index (Phi) is 5.84. The van der Waals surface area contributed by atoms with Crippen LogP contribution in [0.15, 0.2) is 53.2 Å². The summed E-state index contributed by atoms with van der Waals surface area (Å²) in [7, 11) is 1.54. The van der Waals surface area contributed by atoms with E-state index in [9.17, 15) is 29.3 Å². The molecular weight excluding hydrogens is 448 g/mol. The molecule has 4 rings (SSSR count). The lowest BCUT2D eigenvalue weighted by Crippen LogP contribution is -2.31. The Morgan fingerprint density at radius 1 is 1.03 bits per heavy atom. The van der Waals surface area contributed by atoms with Gasteiger partial charge < -0.3 is 9.64 Å². The number of esters is 1. The molecule has 2 aromatic carbocycles. The van der Waals surface area contributed by atoms with Crippen molar-refractivity contribution < 1.29 is 28.8 Å². The number of ether oxygens (including phenoxy) is 1. The Bertz CT molecular complexity index is 1310. The molecule has 1 heterocycles. The third kappa shape index (κ3) is 4.03. The summed E-state index contributed by atoms with van der Waals surface area (Å²) in [5, 5.41) is 15.6. The number of thiophene rings is 1. The fourth-order valence-electron chi connectivity index (χ4n) is 3.58. The van der Waals surface area contributed by atoms with Gasteiger partial charge in [-0.15, -0.1) is 0 Å². The highest BCUT2D eigenvalue weighted by atomic mass is 32.1. The number of nitro groups is 1. The molecule has 0 aliphatic heterocycles. The van der Waals surface area contributed by atoms with Crippen LogP contribution in [-0.2, 0) is 16.1 Å². The molecule has 0 unspecified atom stereocenters. The average molecular weight is 464 g/mol. The van der Waals surface area contributed by atoms with Crippen molar-refractivity contribution in [1.82, 2.24) is 4.90 Å². The van der Waals surface area contributed by atoms with Gasteiger partial charge in [0.25, 0.3) is 11.6 Å². The first-order chi connectivity index (χ1) is 15.8. The van der Waals surface area contributed by atoms with Crippen molar-refractivity contribution in [2.75, 3.05) is 13.7 Å². The molecule has 166 valence electrons. The van der Waals surface area contributed by atoms with Crippen LogP contribution in [0.25, 0.3) is 0 Å². The maximum Gasteiger partial charge on any atom is 0.345 e. The number of ketones is 2. The number of nitro benzene ring substituents is 1. The first-order valence-electron chi connectivity index (χ1n) is 9.71. The number of amides is 1. The Morgan fingerprint density at radius 3 is 2.36 bits per heavy atom. The minimum Gasteiger partial charge on any atom is -0.452 e. The summed E-state index contributed by atoms with van der Waals surface area (Å²) in [6.45, 7) is -0.321. The summed E-state index contributed by atoms with van der Waals surface area (Å²) in [5.74, 6) is -2.92. The molecule has 9 nitrogen and oxygen atoms in total. The first-order valence-corrected chi connectivity index (χ1v) is 10.7. The Balaban J connectivity index is 1.60. The third-order valence-corrected chi connectivity index (χ3v) is 5.95. The maximum atomic E-state index is 13.0. The van der Waals surface area contributed by atoms with E-state index < -0.39 is 51.8 Å². The second-order valence-electron chi connectivity index (χ2n) is 7.30. The van der Waals surface area contributed by atoms with Crippen molar-refractivity contribution in [3.05, 3.63) is 96.7 Å². The lowest BCUT2D eigenvalue weighted by Gasteiger charge is -2.18. The minimum absolute atomic E-state index is 0.0221. The minimum atomic E-state index is -1.14. The molecule has 3 aromatic rings. The summed E-state index contributed by atoms with van der Waals surface area (Å²) in [6.07, 6.45) is 0. The van der Waals surface area contributed by atoms with Gasteiger partial charge >= 0.3 is 5.97 Å². The zero-order chi connectivity index (χ0) is 23.7. The van der Waals surface area contributed by atoms with Gasteiger partial charge in [0.15, 0.2) is 12.4 Å². The molecule has 1 amide bonds. The highest BCUT2D eigenvalue weighted by molar-refractivity contribution is 7.07. The lowest BCUT2D eigenvalue weighted by molar-refractivity contribution is -0.385. The number of likely N-dealkylation sites (N-methyl/N-ethyl adjacent to an activating group) is 1. The molecule has 33 heavy (non-hydrogen) atoms. The van der Waals surface area contributed by atoms with Gasteiger partial charge in [-0.2, -0.15) is 11.3 Å². The van der Waals surface area contributed by atoms with E-state index >= 15 is 0 Å². The summed E-state index contributed by atoms with van der Waals surface area (Å²) in [4.78, 5) is 63.0. The van der Waals surface area contributed by atoms with Gasteiger partial charge in [0.05, 0.1) is 4.92 Å². The molecule has 0 atom stereocenters. The van der Waals surface area contributed by atoms with Crippen LogP contribution in [0.2, 0.25) is 0 Å². The predicted molar refractivity (Wildman–Crippen MR) is 117 cm³/mol. The van der Waals surface area contributed by atoms with Gasteiger partial charge in [-0.3, -0.25) is 24.5 Å². The SMILES string of the molecule is CN(Cc1ccsc1)C(=O)COC(=O)c1ccc2c(c1[N+](=O)[O-])C(=O)c1ccccc1C2=O. The molecule has 0 saturated carbocycles. The number of carbonyl (C=O) groups is 4. The molecule has 0 bridgehead atoms. The standard InChI is InChI=1S/C23H16N2O7S/c1-24(10-13-8-9-33-12-13)18(26)11-32-23(29)17-7-6-16-19(20(17)25(30)31)22(28)15-5-3-2-4-14(15)21(16)27/h2-9,12H,10-11H2,1H3. The van der Waals surface area contributed by atoms with E-state index in [0.717, 1.165) is 11.6 Å². The van der Waals surface area contributed by atoms with Gasteiger partial charge in [-0.1, -0.05) is 24.3 Å². The van der Waals surface area contributed by atoms with Gasteiger partial charge in [-0.25, -0.2) is 4.79 Å². The number of benzene rings is 2. The fourth-order valence-corrected chi connectivity index (χ4v) is 4.24. The monoisotopic (exact) mass is 464 g/mol. The summed E-state index contributed by atoms with van der Waals surface area (Å²) in [6, 6.07) is 10.1. The smallest absolute Gasteiger partial charge is 0.345 e. The maximum absolute atomic E-state index is 13.0. The Morgan fingerprint density at radius 2 is 1.73 bits per heavy atom. The van der Waals surface area contributed by atoms with E-state index in [2.05, 4.69) is 0 Å². The number of nitrogens with zero attached hydrogens (tertiary/aromatic N) is 2. The third-order valence-electron chi connectivity index (χ3n) is 5.22. The van der Waals surface area contributed by atoms with Crippen LogP contribution in [-0.4, -0.2) is 46.9 Å². The number of hydrogen-bond acceptors (Lipinski definition) is 8. The van der Waals surface area contributed by atoms with Crippen molar-refractivity contribution in [2.24, 2.45) is 0 Å². The van der Waals surface area contributed by atoms with Crippen LogP contribution in [0.5, 0.6) is 0 Å². The average Bonchev–Trinajstić information content (AvgIpc) is 3.32. The van der Waals surface area contributed by atoms with Gasteiger partial charge in [-0.05, 0) is 34.5 Å². The van der Waals surface area contributed by atoms with Crippen molar-refractivity contribution >= 4 is 40.5 Å². The Hall–Kier alpha value is -4.18. The van der Waals surface area contributed by atoms with Crippen LogP contribution < -0.4 is 0 Å². The number of carbonyl (C=O) groups excluding carboxylic acids is 4. The predicted octanol–water partition coefficient (Wildman–Crippen LogP) is 3.25. The quantitative estimate of drug-likeness (QED) is 0.244. The van der Waals surface area contributed by atoms with E-state index in [1.165, 1.54) is 47.5 Å². The zero-order valence-electron chi connectivity index (χ0n) is 17.3. The molecule has 0 N–H and O–H groups in total. The van der Waals surface area contributed by atoms with E-state index in [1.807, 2.05) is 16.8 Å². The Labute approximate surface area is 191 Å². The number of rotatable bonds is 6. The molecular formula is C23H16N2O7S. The molecule has 1 aliphatic rings. The molecule has 0 fully saturated rings. The summed E-state index contributed by atoms with van der Waals surface area (Å²) >= 11 is 1.48. The fraction of sp³-hybridized carbons (Fsp3) is 0.130. The molecule has 10 heteroatoms. The number of hydrogen-bond donors (Lipinski definition) is 0. The molecule has 1 aliphatic carbocycles.